The van der Waals surface area contributed by atoms with Crippen molar-refractivity contribution in [3.8, 4) is 0 Å². The fourth-order valence-electron chi connectivity index (χ4n) is 4.54. The van der Waals surface area contributed by atoms with Crippen LogP contribution in [0.15, 0.2) is 24.3 Å². The number of carbonyl (C=O) groups is 4. The van der Waals surface area contributed by atoms with Gasteiger partial charge in [-0.25, -0.2) is 4.79 Å². The topological polar surface area (TPSA) is 90.0 Å². The Morgan fingerprint density at radius 1 is 1.13 bits per heavy atom. The molecule has 1 spiro atoms. The average molecular weight is 429 g/mol. The lowest BCUT2D eigenvalue weighted by Crippen LogP contribution is -2.50. The van der Waals surface area contributed by atoms with Gasteiger partial charge in [0.25, 0.3) is 5.91 Å². The molecule has 0 unspecified atom stereocenters. The van der Waals surface area contributed by atoms with Crippen LogP contribution in [0.3, 0.4) is 0 Å². The molecule has 1 aromatic carbocycles. The van der Waals surface area contributed by atoms with Crippen LogP contribution in [0.1, 0.15) is 51.0 Å². The van der Waals surface area contributed by atoms with Crippen molar-refractivity contribution in [2.45, 2.75) is 57.9 Å². The number of aryl methyl sites for hydroxylation is 1. The van der Waals surface area contributed by atoms with Crippen LogP contribution in [0.25, 0.3) is 0 Å². The van der Waals surface area contributed by atoms with E-state index in [2.05, 4.69) is 5.32 Å². The Kier molecular flexibility index (Phi) is 6.97. The SMILES string of the molecule is CCCN(CC(=O)Nc1ccccc1C)C(=O)CN1C(=O)N(C)C2(CCCCC2)C1=O. The van der Waals surface area contributed by atoms with Gasteiger partial charge in [0.05, 0.1) is 6.54 Å². The van der Waals surface area contributed by atoms with Crippen LogP contribution in [-0.2, 0) is 14.4 Å². The van der Waals surface area contributed by atoms with Crippen molar-refractivity contribution in [2.75, 3.05) is 32.0 Å². The summed E-state index contributed by atoms with van der Waals surface area (Å²) in [4.78, 5) is 55.5. The van der Waals surface area contributed by atoms with Gasteiger partial charge in [0.1, 0.15) is 12.1 Å². The van der Waals surface area contributed by atoms with Gasteiger partial charge in [-0.3, -0.25) is 19.3 Å². The number of benzene rings is 1. The molecule has 1 aliphatic heterocycles. The van der Waals surface area contributed by atoms with Crippen molar-refractivity contribution < 1.29 is 19.2 Å². The Morgan fingerprint density at radius 2 is 1.81 bits per heavy atom. The number of imide groups is 1. The van der Waals surface area contributed by atoms with E-state index in [1.54, 1.807) is 13.1 Å². The summed E-state index contributed by atoms with van der Waals surface area (Å²) in [6.07, 6.45) is 4.77. The molecule has 31 heavy (non-hydrogen) atoms. The number of nitrogens with one attached hydrogen (secondary N) is 1. The lowest BCUT2D eigenvalue weighted by Gasteiger charge is -2.35. The molecule has 1 aliphatic carbocycles. The fraction of sp³-hybridized carbons (Fsp3) is 0.565. The monoisotopic (exact) mass is 428 g/mol. The van der Waals surface area contributed by atoms with Gasteiger partial charge < -0.3 is 15.1 Å². The highest BCUT2D eigenvalue weighted by Crippen LogP contribution is 2.39. The van der Waals surface area contributed by atoms with E-state index in [0.717, 1.165) is 29.7 Å². The number of rotatable bonds is 7. The molecular weight excluding hydrogens is 396 g/mol. The number of nitrogens with zero attached hydrogens (tertiary/aromatic N) is 3. The number of hydrogen-bond acceptors (Lipinski definition) is 4. The molecule has 0 atom stereocenters. The zero-order chi connectivity index (χ0) is 22.6. The van der Waals surface area contributed by atoms with Crippen molar-refractivity contribution in [2.24, 2.45) is 0 Å². The number of anilines is 1. The summed E-state index contributed by atoms with van der Waals surface area (Å²) >= 11 is 0. The van der Waals surface area contributed by atoms with Crippen molar-refractivity contribution in [3.05, 3.63) is 29.8 Å². The Labute approximate surface area is 183 Å². The molecule has 168 valence electrons. The molecule has 1 saturated heterocycles. The third-order valence-corrected chi connectivity index (χ3v) is 6.38. The third kappa shape index (κ3) is 4.57. The minimum absolute atomic E-state index is 0.127. The van der Waals surface area contributed by atoms with E-state index in [0.29, 0.717) is 31.5 Å². The Hall–Kier alpha value is -2.90. The summed E-state index contributed by atoms with van der Waals surface area (Å²) in [5.74, 6) is -0.991. The smallest absolute Gasteiger partial charge is 0.327 e. The fourth-order valence-corrected chi connectivity index (χ4v) is 4.54. The summed E-state index contributed by atoms with van der Waals surface area (Å²) in [5.41, 5.74) is 0.813. The van der Waals surface area contributed by atoms with Gasteiger partial charge in [0, 0.05) is 19.3 Å². The number of carbonyl (C=O) groups excluding carboxylic acids is 4. The van der Waals surface area contributed by atoms with E-state index in [1.165, 1.54) is 9.80 Å². The van der Waals surface area contributed by atoms with Gasteiger partial charge in [-0.05, 0) is 37.8 Å². The molecule has 2 aliphatic rings. The molecule has 1 saturated carbocycles. The minimum Gasteiger partial charge on any atom is -0.332 e. The van der Waals surface area contributed by atoms with Crippen LogP contribution >= 0.6 is 0 Å². The largest absolute Gasteiger partial charge is 0.332 e. The van der Waals surface area contributed by atoms with Crippen molar-refractivity contribution in [3.63, 3.8) is 0 Å². The maximum atomic E-state index is 13.1. The highest BCUT2D eigenvalue weighted by molar-refractivity contribution is 6.09. The second kappa shape index (κ2) is 9.49. The Morgan fingerprint density at radius 3 is 2.45 bits per heavy atom. The number of para-hydroxylation sites is 1. The van der Waals surface area contributed by atoms with E-state index in [-0.39, 0.29) is 24.9 Å². The van der Waals surface area contributed by atoms with Crippen LogP contribution in [0.4, 0.5) is 10.5 Å². The van der Waals surface area contributed by atoms with Gasteiger partial charge in [-0.15, -0.1) is 0 Å². The van der Waals surface area contributed by atoms with Crippen molar-refractivity contribution in [1.82, 2.24) is 14.7 Å². The Balaban J connectivity index is 1.67. The number of hydrogen-bond donors (Lipinski definition) is 1. The zero-order valence-electron chi connectivity index (χ0n) is 18.6. The molecular formula is C23H32N4O4. The molecule has 0 bridgehead atoms. The summed E-state index contributed by atoms with van der Waals surface area (Å²) in [6, 6.07) is 6.99. The predicted molar refractivity (Wildman–Crippen MR) is 117 cm³/mol. The van der Waals surface area contributed by atoms with Crippen LogP contribution in [0.5, 0.6) is 0 Å². The predicted octanol–water partition coefficient (Wildman–Crippen LogP) is 2.77. The first kappa shape index (κ1) is 22.8. The number of amides is 5. The molecule has 3 rings (SSSR count). The van der Waals surface area contributed by atoms with E-state index in [1.807, 2.05) is 32.0 Å². The van der Waals surface area contributed by atoms with E-state index >= 15 is 0 Å². The quantitative estimate of drug-likeness (QED) is 0.676. The molecule has 8 nitrogen and oxygen atoms in total. The molecule has 5 amide bonds. The second-order valence-corrected chi connectivity index (χ2v) is 8.50. The third-order valence-electron chi connectivity index (χ3n) is 6.38. The van der Waals surface area contributed by atoms with Crippen molar-refractivity contribution >= 4 is 29.4 Å². The molecule has 8 heteroatoms. The normalized spacial score (nSPS) is 17.9. The van der Waals surface area contributed by atoms with Gasteiger partial charge in [0.15, 0.2) is 0 Å². The minimum atomic E-state index is -0.812. The van der Waals surface area contributed by atoms with Gasteiger partial charge in [-0.1, -0.05) is 44.4 Å². The van der Waals surface area contributed by atoms with E-state index in [9.17, 15) is 19.2 Å². The molecule has 1 heterocycles. The van der Waals surface area contributed by atoms with Crippen molar-refractivity contribution in [1.29, 1.82) is 0 Å². The number of likely N-dealkylation sites (N-methyl/N-ethyl adjacent to an activating group) is 1. The van der Waals surface area contributed by atoms with Crippen LogP contribution in [0, 0.1) is 6.92 Å². The summed E-state index contributed by atoms with van der Waals surface area (Å²) in [6.45, 7) is 3.72. The summed E-state index contributed by atoms with van der Waals surface area (Å²) < 4.78 is 0. The van der Waals surface area contributed by atoms with E-state index < -0.39 is 17.5 Å². The number of urea groups is 1. The van der Waals surface area contributed by atoms with Crippen LogP contribution in [-0.4, -0.2) is 70.7 Å². The first-order chi connectivity index (χ1) is 14.8. The Bertz CT molecular complexity index is 863. The maximum absolute atomic E-state index is 13.1. The molecule has 1 aromatic rings. The lowest BCUT2D eigenvalue weighted by molar-refractivity contribution is -0.141. The van der Waals surface area contributed by atoms with Gasteiger partial charge in [-0.2, -0.15) is 0 Å². The summed E-state index contributed by atoms with van der Waals surface area (Å²) in [7, 11) is 1.65. The highest BCUT2D eigenvalue weighted by Gasteiger charge is 2.56. The highest BCUT2D eigenvalue weighted by atomic mass is 16.2. The standard InChI is InChI=1S/C23H32N4O4/c1-4-14-26(15-19(28)24-18-11-7-6-10-17(18)2)20(29)16-27-21(30)23(25(3)22(27)31)12-8-5-9-13-23/h6-7,10-11H,4-5,8-9,12-16H2,1-3H3,(H,24,28). The summed E-state index contributed by atoms with van der Waals surface area (Å²) in [5, 5.41) is 2.83. The first-order valence-corrected chi connectivity index (χ1v) is 11.0. The van der Waals surface area contributed by atoms with E-state index in [4.69, 9.17) is 0 Å². The molecule has 0 aromatic heterocycles. The average Bonchev–Trinajstić information content (AvgIpc) is 2.92. The van der Waals surface area contributed by atoms with Crippen LogP contribution in [0.2, 0.25) is 0 Å². The van der Waals surface area contributed by atoms with Crippen LogP contribution < -0.4 is 5.32 Å². The zero-order valence-corrected chi connectivity index (χ0v) is 18.6. The molecule has 1 N–H and O–H groups in total. The molecule has 0 radical (unpaired) electrons. The van der Waals surface area contributed by atoms with Gasteiger partial charge >= 0.3 is 6.03 Å². The second-order valence-electron chi connectivity index (χ2n) is 8.50. The molecule has 2 fully saturated rings. The maximum Gasteiger partial charge on any atom is 0.327 e. The first-order valence-electron chi connectivity index (χ1n) is 11.0. The lowest BCUT2D eigenvalue weighted by atomic mass is 9.81. The van der Waals surface area contributed by atoms with Gasteiger partial charge in [0.2, 0.25) is 11.8 Å².